The second kappa shape index (κ2) is 8.40. The summed E-state index contributed by atoms with van der Waals surface area (Å²) in [6, 6.07) is 11.3. The summed E-state index contributed by atoms with van der Waals surface area (Å²) in [7, 11) is -3.78. The van der Waals surface area contributed by atoms with Gasteiger partial charge in [0.2, 0.25) is 15.9 Å². The van der Waals surface area contributed by atoms with Crippen LogP contribution in [0.5, 0.6) is 5.75 Å². The maximum atomic E-state index is 12.4. The van der Waals surface area contributed by atoms with Crippen LogP contribution in [0.15, 0.2) is 53.4 Å². The molecule has 0 saturated heterocycles. The molecule has 0 unspecified atom stereocenters. The van der Waals surface area contributed by atoms with E-state index in [-0.39, 0.29) is 35.1 Å². The number of benzene rings is 2. The number of para-hydroxylation sites is 1. The maximum Gasteiger partial charge on any atom is 0.573 e. The number of carbonyl (C=O) groups is 1. The molecule has 2 aromatic carbocycles. The minimum absolute atomic E-state index is 0.0306. The first-order valence-corrected chi connectivity index (χ1v) is 9.31. The predicted octanol–water partition coefficient (Wildman–Crippen LogP) is 2.48. The van der Waals surface area contributed by atoms with Gasteiger partial charge in [-0.25, -0.2) is 13.6 Å². The molecule has 0 aromatic heterocycles. The quantitative estimate of drug-likeness (QED) is 0.743. The Morgan fingerprint density at radius 3 is 2.30 bits per heavy atom. The molecule has 27 heavy (non-hydrogen) atoms. The van der Waals surface area contributed by atoms with Gasteiger partial charge in [0, 0.05) is 18.5 Å². The Hall–Kier alpha value is -2.59. The molecule has 146 valence electrons. The van der Waals surface area contributed by atoms with Crippen molar-refractivity contribution in [2.45, 2.75) is 30.6 Å². The average Bonchev–Trinajstić information content (AvgIpc) is 2.57. The lowest BCUT2D eigenvalue weighted by Gasteiger charge is -2.13. The van der Waals surface area contributed by atoms with Crippen LogP contribution in [-0.4, -0.2) is 20.7 Å². The van der Waals surface area contributed by atoms with E-state index in [1.165, 1.54) is 36.4 Å². The molecule has 0 aliphatic heterocycles. The highest BCUT2D eigenvalue weighted by molar-refractivity contribution is 7.89. The number of nitrogens with two attached hydrogens (primary N) is 1. The first-order chi connectivity index (χ1) is 12.5. The van der Waals surface area contributed by atoms with Gasteiger partial charge in [-0.05, 0) is 30.2 Å². The topological polar surface area (TPSA) is 98.5 Å². The molecule has 2 aromatic rings. The number of carbonyl (C=O) groups excluding carboxylic acids is 1. The number of primary sulfonamides is 1. The first kappa shape index (κ1) is 20.7. The van der Waals surface area contributed by atoms with E-state index in [0.29, 0.717) is 6.42 Å². The van der Waals surface area contributed by atoms with Gasteiger partial charge in [0.25, 0.3) is 0 Å². The van der Waals surface area contributed by atoms with Gasteiger partial charge in [-0.15, -0.1) is 13.2 Å². The molecule has 1 amide bonds. The fourth-order valence-corrected chi connectivity index (χ4v) is 2.78. The molecular formula is C17H17F3N2O4S. The SMILES string of the molecule is NS(=O)(=O)c1ccc(CCC(=O)NCc2ccccc2OC(F)(F)F)cc1. The standard InChI is InChI=1S/C17H17F3N2O4S/c18-17(19,20)26-15-4-2-1-3-13(15)11-22-16(23)10-7-12-5-8-14(9-6-12)27(21,24)25/h1-6,8-9H,7,10-11H2,(H,22,23)(H2,21,24,25). The number of hydrogen-bond donors (Lipinski definition) is 2. The van der Waals surface area contributed by atoms with Crippen molar-refractivity contribution in [1.82, 2.24) is 5.32 Å². The number of hydrogen-bond acceptors (Lipinski definition) is 4. The van der Waals surface area contributed by atoms with Crippen LogP contribution in [0.1, 0.15) is 17.5 Å². The minimum Gasteiger partial charge on any atom is -0.405 e. The largest absolute Gasteiger partial charge is 0.573 e. The predicted molar refractivity (Wildman–Crippen MR) is 91.1 cm³/mol. The molecule has 0 aliphatic carbocycles. The highest BCUT2D eigenvalue weighted by Crippen LogP contribution is 2.26. The van der Waals surface area contributed by atoms with Gasteiger partial charge in [0.1, 0.15) is 5.75 Å². The van der Waals surface area contributed by atoms with Gasteiger partial charge in [0.05, 0.1) is 4.90 Å². The zero-order valence-corrected chi connectivity index (χ0v) is 14.8. The first-order valence-electron chi connectivity index (χ1n) is 7.77. The number of amides is 1. The number of alkyl halides is 3. The van der Waals surface area contributed by atoms with E-state index < -0.39 is 16.4 Å². The van der Waals surface area contributed by atoms with Crippen LogP contribution in [0.2, 0.25) is 0 Å². The van der Waals surface area contributed by atoms with E-state index in [1.807, 2.05) is 0 Å². The Balaban J connectivity index is 1.88. The summed E-state index contributed by atoms with van der Waals surface area (Å²) in [4.78, 5) is 11.9. The molecule has 6 nitrogen and oxygen atoms in total. The number of halogens is 3. The molecule has 0 fully saturated rings. The van der Waals surface area contributed by atoms with Crippen LogP contribution in [-0.2, 0) is 27.8 Å². The molecule has 0 saturated carbocycles. The number of aryl methyl sites for hydroxylation is 1. The summed E-state index contributed by atoms with van der Waals surface area (Å²) in [5.41, 5.74) is 0.916. The van der Waals surface area contributed by atoms with Gasteiger partial charge in [-0.2, -0.15) is 0 Å². The Morgan fingerprint density at radius 2 is 1.70 bits per heavy atom. The summed E-state index contributed by atoms with van der Waals surface area (Å²) in [5, 5.41) is 7.53. The van der Waals surface area contributed by atoms with Gasteiger partial charge in [-0.3, -0.25) is 4.79 Å². The van der Waals surface area contributed by atoms with Crippen molar-refractivity contribution in [3.8, 4) is 5.75 Å². The smallest absolute Gasteiger partial charge is 0.405 e. The molecule has 2 rings (SSSR count). The van der Waals surface area contributed by atoms with Crippen molar-refractivity contribution < 1.29 is 31.1 Å². The molecule has 0 atom stereocenters. The Kier molecular flexibility index (Phi) is 6.45. The third kappa shape index (κ3) is 6.91. The van der Waals surface area contributed by atoms with E-state index in [9.17, 15) is 26.4 Å². The Labute approximate surface area is 154 Å². The van der Waals surface area contributed by atoms with E-state index in [2.05, 4.69) is 10.1 Å². The van der Waals surface area contributed by atoms with Crippen molar-refractivity contribution in [1.29, 1.82) is 0 Å². The van der Waals surface area contributed by atoms with E-state index in [0.717, 1.165) is 5.56 Å². The van der Waals surface area contributed by atoms with Crippen molar-refractivity contribution in [3.63, 3.8) is 0 Å². The van der Waals surface area contributed by atoms with Crippen LogP contribution in [0.25, 0.3) is 0 Å². The fraction of sp³-hybridized carbons (Fsp3) is 0.235. The van der Waals surface area contributed by atoms with Crippen LogP contribution in [0.4, 0.5) is 13.2 Å². The monoisotopic (exact) mass is 402 g/mol. The van der Waals surface area contributed by atoms with Crippen LogP contribution < -0.4 is 15.2 Å². The third-order valence-corrected chi connectivity index (χ3v) is 4.50. The molecular weight excluding hydrogens is 385 g/mol. The zero-order chi connectivity index (χ0) is 20.1. The normalized spacial score (nSPS) is 11.9. The number of rotatable bonds is 7. The second-order valence-electron chi connectivity index (χ2n) is 5.62. The molecule has 0 spiro atoms. The van der Waals surface area contributed by atoms with Crippen molar-refractivity contribution in [2.75, 3.05) is 0 Å². The lowest BCUT2D eigenvalue weighted by Crippen LogP contribution is -2.24. The summed E-state index contributed by atoms with van der Waals surface area (Å²) in [5.74, 6) is -0.740. The lowest BCUT2D eigenvalue weighted by molar-refractivity contribution is -0.274. The molecule has 0 aliphatic rings. The maximum absolute atomic E-state index is 12.4. The molecule has 0 heterocycles. The summed E-state index contributed by atoms with van der Waals surface area (Å²) < 4.78 is 63.4. The second-order valence-corrected chi connectivity index (χ2v) is 7.18. The highest BCUT2D eigenvalue weighted by Gasteiger charge is 2.31. The van der Waals surface area contributed by atoms with Gasteiger partial charge in [0.15, 0.2) is 0 Å². The van der Waals surface area contributed by atoms with Crippen molar-refractivity contribution >= 4 is 15.9 Å². The number of ether oxygens (including phenoxy) is 1. The van der Waals surface area contributed by atoms with Crippen LogP contribution in [0.3, 0.4) is 0 Å². The molecule has 10 heteroatoms. The van der Waals surface area contributed by atoms with Crippen molar-refractivity contribution in [2.24, 2.45) is 5.14 Å². The fourth-order valence-electron chi connectivity index (χ4n) is 2.26. The van der Waals surface area contributed by atoms with Crippen molar-refractivity contribution in [3.05, 3.63) is 59.7 Å². The lowest BCUT2D eigenvalue weighted by atomic mass is 10.1. The summed E-state index contributed by atoms with van der Waals surface area (Å²) >= 11 is 0. The Morgan fingerprint density at radius 1 is 1.07 bits per heavy atom. The van der Waals surface area contributed by atoms with E-state index in [4.69, 9.17) is 5.14 Å². The molecule has 0 bridgehead atoms. The average molecular weight is 402 g/mol. The van der Waals surface area contributed by atoms with Gasteiger partial charge in [-0.1, -0.05) is 30.3 Å². The minimum atomic E-state index is -4.82. The van der Waals surface area contributed by atoms with E-state index in [1.54, 1.807) is 12.1 Å². The highest BCUT2D eigenvalue weighted by atomic mass is 32.2. The third-order valence-electron chi connectivity index (χ3n) is 3.57. The summed E-state index contributed by atoms with van der Waals surface area (Å²) in [6.07, 6.45) is -4.41. The zero-order valence-electron chi connectivity index (χ0n) is 14.0. The Bertz CT molecular complexity index is 897. The van der Waals surface area contributed by atoms with Gasteiger partial charge >= 0.3 is 6.36 Å². The van der Waals surface area contributed by atoms with E-state index >= 15 is 0 Å². The van der Waals surface area contributed by atoms with Crippen LogP contribution >= 0.6 is 0 Å². The molecule has 0 radical (unpaired) electrons. The summed E-state index contributed by atoms with van der Waals surface area (Å²) in [6.45, 7) is -0.116. The van der Waals surface area contributed by atoms with Crippen LogP contribution in [0, 0.1) is 0 Å². The van der Waals surface area contributed by atoms with Gasteiger partial charge < -0.3 is 10.1 Å². The molecule has 3 N–H and O–H groups in total. The number of nitrogens with one attached hydrogen (secondary N) is 1. The number of sulfonamides is 1.